The van der Waals surface area contributed by atoms with Crippen LogP contribution in [0.25, 0.3) is 0 Å². The van der Waals surface area contributed by atoms with Crippen LogP contribution >= 0.6 is 0 Å². The number of benzene rings is 2. The van der Waals surface area contributed by atoms with Crippen molar-refractivity contribution >= 4 is 17.3 Å². The van der Waals surface area contributed by atoms with Gasteiger partial charge in [0, 0.05) is 23.5 Å². The zero-order valence-corrected chi connectivity index (χ0v) is 11.9. The smallest absolute Gasteiger partial charge is 0.255 e. The summed E-state index contributed by atoms with van der Waals surface area (Å²) >= 11 is 0. The van der Waals surface area contributed by atoms with Crippen LogP contribution in [-0.2, 0) is 0 Å². The third-order valence-corrected chi connectivity index (χ3v) is 3.04. The van der Waals surface area contributed by atoms with E-state index in [1.54, 1.807) is 0 Å². The number of hydrogen-bond donors (Lipinski definition) is 2. The fraction of sp³-hybridized carbons (Fsp3) is 0.235. The van der Waals surface area contributed by atoms with Crippen molar-refractivity contribution in [2.45, 2.75) is 20.3 Å². The monoisotopic (exact) mass is 268 g/mol. The van der Waals surface area contributed by atoms with Crippen LogP contribution in [0.1, 0.15) is 29.3 Å². The van der Waals surface area contributed by atoms with Gasteiger partial charge in [-0.15, -0.1) is 0 Å². The molecule has 0 radical (unpaired) electrons. The second-order valence-corrected chi connectivity index (χ2v) is 4.82. The third kappa shape index (κ3) is 3.85. The van der Waals surface area contributed by atoms with Crippen molar-refractivity contribution in [3.63, 3.8) is 0 Å². The van der Waals surface area contributed by atoms with Crippen molar-refractivity contribution in [3.8, 4) is 0 Å². The van der Waals surface area contributed by atoms with Gasteiger partial charge in [0.15, 0.2) is 0 Å². The largest absolute Gasteiger partial charge is 0.385 e. The summed E-state index contributed by atoms with van der Waals surface area (Å²) in [7, 11) is 0. The highest BCUT2D eigenvalue weighted by atomic mass is 16.1. The van der Waals surface area contributed by atoms with E-state index in [0.29, 0.717) is 5.56 Å². The Morgan fingerprint density at radius 3 is 2.15 bits per heavy atom. The number of hydrogen-bond acceptors (Lipinski definition) is 2. The second-order valence-electron chi connectivity index (χ2n) is 4.82. The third-order valence-electron chi connectivity index (χ3n) is 3.04. The highest BCUT2D eigenvalue weighted by Crippen LogP contribution is 2.13. The molecule has 0 aromatic heterocycles. The van der Waals surface area contributed by atoms with Crippen molar-refractivity contribution in [3.05, 3.63) is 59.7 Å². The molecule has 0 saturated heterocycles. The number of nitrogens with one attached hydrogen (secondary N) is 2. The van der Waals surface area contributed by atoms with Crippen LogP contribution in [0.5, 0.6) is 0 Å². The first-order chi connectivity index (χ1) is 9.69. The minimum absolute atomic E-state index is 0.0871. The van der Waals surface area contributed by atoms with E-state index < -0.39 is 0 Å². The van der Waals surface area contributed by atoms with Gasteiger partial charge in [-0.3, -0.25) is 4.79 Å². The Morgan fingerprint density at radius 2 is 1.55 bits per heavy atom. The lowest BCUT2D eigenvalue weighted by Crippen LogP contribution is -2.11. The standard InChI is InChI=1S/C17H20N2O/c1-3-12-18-15-10-6-14(7-11-15)17(20)19-16-8-4-13(2)5-9-16/h4-11,18H,3,12H2,1-2H3,(H,19,20). The molecular formula is C17H20N2O. The van der Waals surface area contributed by atoms with Gasteiger partial charge in [-0.1, -0.05) is 24.6 Å². The molecule has 0 spiro atoms. The summed E-state index contributed by atoms with van der Waals surface area (Å²) < 4.78 is 0. The summed E-state index contributed by atoms with van der Waals surface area (Å²) in [6, 6.07) is 15.3. The summed E-state index contributed by atoms with van der Waals surface area (Å²) in [5, 5.41) is 6.17. The Labute approximate surface area is 120 Å². The number of rotatable bonds is 5. The maximum Gasteiger partial charge on any atom is 0.255 e. The van der Waals surface area contributed by atoms with Crippen molar-refractivity contribution in [1.82, 2.24) is 0 Å². The summed E-state index contributed by atoms with van der Waals surface area (Å²) in [6.45, 7) is 5.08. The molecule has 0 heterocycles. The predicted octanol–water partition coefficient (Wildman–Crippen LogP) is 4.07. The van der Waals surface area contributed by atoms with E-state index in [0.717, 1.165) is 24.3 Å². The highest BCUT2D eigenvalue weighted by molar-refractivity contribution is 6.04. The average molecular weight is 268 g/mol. The van der Waals surface area contributed by atoms with Crippen LogP contribution < -0.4 is 10.6 Å². The Kier molecular flexibility index (Phi) is 4.77. The number of carbonyl (C=O) groups excluding carboxylic acids is 1. The fourth-order valence-electron chi connectivity index (χ4n) is 1.85. The normalized spacial score (nSPS) is 10.1. The Balaban J connectivity index is 2.00. The molecule has 3 nitrogen and oxygen atoms in total. The van der Waals surface area contributed by atoms with Crippen LogP contribution in [0.4, 0.5) is 11.4 Å². The van der Waals surface area contributed by atoms with E-state index in [2.05, 4.69) is 17.6 Å². The van der Waals surface area contributed by atoms with Crippen LogP contribution in [0.2, 0.25) is 0 Å². The van der Waals surface area contributed by atoms with Gasteiger partial charge in [0.25, 0.3) is 5.91 Å². The van der Waals surface area contributed by atoms with Gasteiger partial charge >= 0.3 is 0 Å². The minimum atomic E-state index is -0.0871. The molecule has 0 fully saturated rings. The topological polar surface area (TPSA) is 41.1 Å². The first-order valence-corrected chi connectivity index (χ1v) is 6.91. The molecule has 2 aromatic rings. The van der Waals surface area contributed by atoms with Gasteiger partial charge in [-0.25, -0.2) is 0 Å². The summed E-state index contributed by atoms with van der Waals surface area (Å²) in [4.78, 5) is 12.1. The van der Waals surface area contributed by atoms with Gasteiger partial charge in [-0.2, -0.15) is 0 Å². The zero-order chi connectivity index (χ0) is 14.4. The van der Waals surface area contributed by atoms with Gasteiger partial charge in [0.05, 0.1) is 0 Å². The van der Waals surface area contributed by atoms with Gasteiger partial charge in [-0.05, 0) is 49.7 Å². The number of anilines is 2. The highest BCUT2D eigenvalue weighted by Gasteiger charge is 2.05. The van der Waals surface area contributed by atoms with E-state index in [1.807, 2.05) is 55.5 Å². The van der Waals surface area contributed by atoms with E-state index in [1.165, 1.54) is 5.56 Å². The lowest BCUT2D eigenvalue weighted by molar-refractivity contribution is 0.102. The van der Waals surface area contributed by atoms with E-state index >= 15 is 0 Å². The van der Waals surface area contributed by atoms with Crippen molar-refractivity contribution in [2.24, 2.45) is 0 Å². The number of amides is 1. The van der Waals surface area contributed by atoms with Crippen LogP contribution in [-0.4, -0.2) is 12.5 Å². The van der Waals surface area contributed by atoms with Crippen LogP contribution in [0.3, 0.4) is 0 Å². The lowest BCUT2D eigenvalue weighted by Gasteiger charge is -2.07. The average Bonchev–Trinajstić information content (AvgIpc) is 2.48. The molecule has 2 aromatic carbocycles. The Morgan fingerprint density at radius 1 is 0.950 bits per heavy atom. The maximum absolute atomic E-state index is 12.1. The number of carbonyl (C=O) groups is 1. The predicted molar refractivity (Wildman–Crippen MR) is 84.4 cm³/mol. The quantitative estimate of drug-likeness (QED) is 0.858. The summed E-state index contributed by atoms with van der Waals surface area (Å²) in [5.74, 6) is -0.0871. The molecule has 0 atom stereocenters. The SMILES string of the molecule is CCCNc1ccc(C(=O)Nc2ccc(C)cc2)cc1. The molecule has 0 aliphatic carbocycles. The lowest BCUT2D eigenvalue weighted by atomic mass is 10.1. The van der Waals surface area contributed by atoms with Crippen molar-refractivity contribution < 1.29 is 4.79 Å². The summed E-state index contributed by atoms with van der Waals surface area (Å²) in [6.07, 6.45) is 1.08. The van der Waals surface area contributed by atoms with Crippen LogP contribution in [0.15, 0.2) is 48.5 Å². The first kappa shape index (κ1) is 14.1. The molecule has 104 valence electrons. The van der Waals surface area contributed by atoms with E-state index in [-0.39, 0.29) is 5.91 Å². The molecule has 0 unspecified atom stereocenters. The zero-order valence-electron chi connectivity index (χ0n) is 11.9. The van der Waals surface area contributed by atoms with Crippen molar-refractivity contribution in [2.75, 3.05) is 17.2 Å². The molecule has 2 N–H and O–H groups in total. The molecular weight excluding hydrogens is 248 g/mol. The Bertz CT molecular complexity index is 559. The van der Waals surface area contributed by atoms with E-state index in [9.17, 15) is 4.79 Å². The maximum atomic E-state index is 12.1. The molecule has 2 rings (SSSR count). The van der Waals surface area contributed by atoms with Crippen LogP contribution in [0, 0.1) is 6.92 Å². The van der Waals surface area contributed by atoms with Gasteiger partial charge in [0.2, 0.25) is 0 Å². The molecule has 1 amide bonds. The minimum Gasteiger partial charge on any atom is -0.385 e. The number of aryl methyl sites for hydroxylation is 1. The Hall–Kier alpha value is -2.29. The molecule has 0 aliphatic rings. The first-order valence-electron chi connectivity index (χ1n) is 6.91. The molecule has 20 heavy (non-hydrogen) atoms. The molecule has 0 saturated carbocycles. The fourth-order valence-corrected chi connectivity index (χ4v) is 1.85. The van der Waals surface area contributed by atoms with Crippen molar-refractivity contribution in [1.29, 1.82) is 0 Å². The molecule has 0 aliphatic heterocycles. The second kappa shape index (κ2) is 6.75. The van der Waals surface area contributed by atoms with E-state index in [4.69, 9.17) is 0 Å². The van der Waals surface area contributed by atoms with Gasteiger partial charge < -0.3 is 10.6 Å². The molecule has 3 heteroatoms. The molecule has 0 bridgehead atoms. The van der Waals surface area contributed by atoms with Gasteiger partial charge in [0.1, 0.15) is 0 Å². The summed E-state index contributed by atoms with van der Waals surface area (Å²) in [5.41, 5.74) is 3.69.